The van der Waals surface area contributed by atoms with E-state index in [0.717, 1.165) is 19.0 Å². The van der Waals surface area contributed by atoms with Gasteiger partial charge in [0.25, 0.3) is 0 Å². The molecule has 0 saturated carbocycles. The topological polar surface area (TPSA) is 58.2 Å². The van der Waals surface area contributed by atoms with Gasteiger partial charge >= 0.3 is 0 Å². The number of halogens is 2. The predicted molar refractivity (Wildman–Crippen MR) is 74.9 cm³/mol. The SMILES string of the molecule is CC1CCNCC1NS(=O)(=O)c1ccc(Br)c(F)c1. The molecule has 0 amide bonds. The fraction of sp³-hybridized carbons (Fsp3) is 0.500. The fourth-order valence-corrected chi connectivity index (χ4v) is 3.66. The number of nitrogens with one attached hydrogen (secondary N) is 2. The lowest BCUT2D eigenvalue weighted by molar-refractivity contribution is 0.327. The molecule has 0 aromatic heterocycles. The first-order valence-electron chi connectivity index (χ1n) is 6.08. The van der Waals surface area contributed by atoms with E-state index in [-0.39, 0.29) is 21.3 Å². The third-order valence-corrected chi connectivity index (χ3v) is 5.47. The minimum Gasteiger partial charge on any atom is -0.315 e. The fourth-order valence-electron chi connectivity index (χ4n) is 2.06. The minimum atomic E-state index is -3.68. The Morgan fingerprint density at radius 3 is 2.84 bits per heavy atom. The van der Waals surface area contributed by atoms with Gasteiger partial charge in [-0.1, -0.05) is 6.92 Å². The van der Waals surface area contributed by atoms with Crippen molar-refractivity contribution in [2.24, 2.45) is 5.92 Å². The molecule has 7 heteroatoms. The summed E-state index contributed by atoms with van der Waals surface area (Å²) < 4.78 is 40.7. The molecule has 1 heterocycles. The van der Waals surface area contributed by atoms with Crippen LogP contribution in [0.5, 0.6) is 0 Å². The van der Waals surface area contributed by atoms with E-state index in [4.69, 9.17) is 0 Å². The number of hydrogen-bond acceptors (Lipinski definition) is 3. The molecule has 0 spiro atoms. The van der Waals surface area contributed by atoms with Crippen molar-refractivity contribution in [2.75, 3.05) is 13.1 Å². The highest BCUT2D eigenvalue weighted by Crippen LogP contribution is 2.20. The average molecular weight is 351 g/mol. The Morgan fingerprint density at radius 2 is 2.21 bits per heavy atom. The zero-order valence-corrected chi connectivity index (χ0v) is 12.9. The Bertz CT molecular complexity index is 565. The van der Waals surface area contributed by atoms with E-state index in [1.807, 2.05) is 6.92 Å². The van der Waals surface area contributed by atoms with Crippen molar-refractivity contribution in [3.63, 3.8) is 0 Å². The maximum Gasteiger partial charge on any atom is 0.240 e. The average Bonchev–Trinajstić information content (AvgIpc) is 2.35. The molecule has 1 fully saturated rings. The highest BCUT2D eigenvalue weighted by Gasteiger charge is 2.26. The lowest BCUT2D eigenvalue weighted by Crippen LogP contribution is -2.50. The lowest BCUT2D eigenvalue weighted by atomic mass is 9.96. The van der Waals surface area contributed by atoms with Crippen LogP contribution >= 0.6 is 15.9 Å². The van der Waals surface area contributed by atoms with Gasteiger partial charge in [0.2, 0.25) is 10.0 Å². The highest BCUT2D eigenvalue weighted by atomic mass is 79.9. The predicted octanol–water partition coefficient (Wildman–Crippen LogP) is 1.86. The molecule has 2 N–H and O–H groups in total. The lowest BCUT2D eigenvalue weighted by Gasteiger charge is -2.29. The van der Waals surface area contributed by atoms with Crippen LogP contribution in [0, 0.1) is 11.7 Å². The summed E-state index contributed by atoms with van der Waals surface area (Å²) in [5.74, 6) is -0.325. The molecule has 0 bridgehead atoms. The molecule has 0 aliphatic carbocycles. The molecular weight excluding hydrogens is 335 g/mol. The molecular formula is C12H16BrFN2O2S. The Kier molecular flexibility index (Phi) is 4.60. The first-order valence-corrected chi connectivity index (χ1v) is 8.36. The molecule has 1 aliphatic heterocycles. The van der Waals surface area contributed by atoms with Crippen molar-refractivity contribution in [3.8, 4) is 0 Å². The van der Waals surface area contributed by atoms with Crippen LogP contribution in [0.2, 0.25) is 0 Å². The number of piperidine rings is 1. The number of sulfonamides is 1. The van der Waals surface area contributed by atoms with E-state index in [2.05, 4.69) is 26.0 Å². The van der Waals surface area contributed by atoms with Gasteiger partial charge < -0.3 is 5.32 Å². The van der Waals surface area contributed by atoms with Crippen LogP contribution < -0.4 is 10.0 Å². The van der Waals surface area contributed by atoms with Gasteiger partial charge in [-0.05, 0) is 53.0 Å². The summed E-state index contributed by atoms with van der Waals surface area (Å²) in [7, 11) is -3.68. The van der Waals surface area contributed by atoms with Gasteiger partial charge in [0.05, 0.1) is 9.37 Å². The highest BCUT2D eigenvalue weighted by molar-refractivity contribution is 9.10. The number of benzene rings is 1. The second-order valence-corrected chi connectivity index (χ2v) is 7.34. The molecule has 1 aromatic carbocycles. The van der Waals surface area contributed by atoms with E-state index >= 15 is 0 Å². The number of rotatable bonds is 3. The maximum absolute atomic E-state index is 13.4. The van der Waals surface area contributed by atoms with Crippen molar-refractivity contribution < 1.29 is 12.8 Å². The van der Waals surface area contributed by atoms with Gasteiger partial charge in [0, 0.05) is 12.6 Å². The Labute approximate surface area is 121 Å². The van der Waals surface area contributed by atoms with Crippen molar-refractivity contribution in [2.45, 2.75) is 24.3 Å². The van der Waals surface area contributed by atoms with Crippen molar-refractivity contribution in [3.05, 3.63) is 28.5 Å². The minimum absolute atomic E-state index is 0.0500. The summed E-state index contributed by atoms with van der Waals surface area (Å²) in [6.45, 7) is 3.50. The van der Waals surface area contributed by atoms with Crippen LogP contribution in [0.15, 0.2) is 27.6 Å². The van der Waals surface area contributed by atoms with Crippen LogP contribution in [0.25, 0.3) is 0 Å². The quantitative estimate of drug-likeness (QED) is 0.874. The number of hydrogen-bond donors (Lipinski definition) is 2. The van der Waals surface area contributed by atoms with E-state index in [0.29, 0.717) is 6.54 Å². The van der Waals surface area contributed by atoms with E-state index in [1.165, 1.54) is 12.1 Å². The van der Waals surface area contributed by atoms with Crippen LogP contribution in [0.1, 0.15) is 13.3 Å². The van der Waals surface area contributed by atoms with Crippen LogP contribution in [-0.4, -0.2) is 27.5 Å². The first kappa shape index (κ1) is 14.9. The summed E-state index contributed by atoms with van der Waals surface area (Å²) in [4.78, 5) is -0.0500. The second-order valence-electron chi connectivity index (χ2n) is 4.77. The summed E-state index contributed by atoms with van der Waals surface area (Å²) in [6, 6.07) is 3.64. The van der Waals surface area contributed by atoms with Gasteiger partial charge in [-0.25, -0.2) is 17.5 Å². The summed E-state index contributed by atoms with van der Waals surface area (Å²) >= 11 is 3.00. The van der Waals surface area contributed by atoms with Gasteiger partial charge in [0.15, 0.2) is 0 Å². The Balaban J connectivity index is 2.19. The van der Waals surface area contributed by atoms with Crippen molar-refractivity contribution in [1.82, 2.24) is 10.0 Å². The van der Waals surface area contributed by atoms with Gasteiger partial charge in [-0.15, -0.1) is 0 Å². The van der Waals surface area contributed by atoms with Crippen molar-refractivity contribution in [1.29, 1.82) is 0 Å². The molecule has 2 unspecified atom stereocenters. The van der Waals surface area contributed by atoms with Gasteiger partial charge in [0.1, 0.15) is 5.82 Å². The third-order valence-electron chi connectivity index (χ3n) is 3.34. The Hall–Kier alpha value is -0.500. The molecule has 0 radical (unpaired) electrons. The normalized spacial score (nSPS) is 24.4. The zero-order chi connectivity index (χ0) is 14.0. The van der Waals surface area contributed by atoms with E-state index in [9.17, 15) is 12.8 Å². The van der Waals surface area contributed by atoms with Crippen LogP contribution in [0.3, 0.4) is 0 Å². The summed E-state index contributed by atoms with van der Waals surface area (Å²) in [5, 5.41) is 3.15. The largest absolute Gasteiger partial charge is 0.315 e. The molecule has 106 valence electrons. The third kappa shape index (κ3) is 3.53. The van der Waals surface area contributed by atoms with E-state index < -0.39 is 15.8 Å². The molecule has 1 saturated heterocycles. The van der Waals surface area contributed by atoms with Gasteiger partial charge in [-0.3, -0.25) is 0 Å². The van der Waals surface area contributed by atoms with E-state index in [1.54, 1.807) is 0 Å². The Morgan fingerprint density at radius 1 is 1.47 bits per heavy atom. The summed E-state index contributed by atoms with van der Waals surface area (Å²) in [6.07, 6.45) is 0.919. The van der Waals surface area contributed by atoms with Crippen molar-refractivity contribution >= 4 is 26.0 Å². The van der Waals surface area contributed by atoms with Crippen LogP contribution in [0.4, 0.5) is 4.39 Å². The first-order chi connectivity index (χ1) is 8.90. The molecule has 4 nitrogen and oxygen atoms in total. The second kappa shape index (κ2) is 5.87. The molecule has 2 atom stereocenters. The van der Waals surface area contributed by atoms with Gasteiger partial charge in [-0.2, -0.15) is 0 Å². The molecule has 19 heavy (non-hydrogen) atoms. The zero-order valence-electron chi connectivity index (χ0n) is 10.5. The molecule has 1 aromatic rings. The summed E-state index contributed by atoms with van der Waals surface area (Å²) in [5.41, 5.74) is 0. The van der Waals surface area contributed by atoms with Crippen LogP contribution in [-0.2, 0) is 10.0 Å². The smallest absolute Gasteiger partial charge is 0.240 e. The molecule has 2 rings (SSSR count). The monoisotopic (exact) mass is 350 g/mol. The standard InChI is InChI=1S/C12H16BrFN2O2S/c1-8-4-5-15-7-12(8)16-19(17,18)9-2-3-10(13)11(14)6-9/h2-3,6,8,12,15-16H,4-5,7H2,1H3. The molecule has 1 aliphatic rings. The maximum atomic E-state index is 13.4.